The molecule has 1 aromatic rings. The first kappa shape index (κ1) is 15.4. The second-order valence-electron chi connectivity index (χ2n) is 5.93. The smallest absolute Gasteiger partial charge is 0.123 e. The monoisotopic (exact) mass is 275 g/mol. The van der Waals surface area contributed by atoms with Crippen molar-refractivity contribution < 1.29 is 4.74 Å². The van der Waals surface area contributed by atoms with Crippen LogP contribution in [0.15, 0.2) is 24.3 Å². The summed E-state index contributed by atoms with van der Waals surface area (Å²) in [7, 11) is 1.78. The molecule has 1 saturated carbocycles. The van der Waals surface area contributed by atoms with E-state index in [1.54, 1.807) is 7.11 Å². The van der Waals surface area contributed by atoms with E-state index in [1.807, 2.05) is 0 Å². The lowest BCUT2D eigenvalue weighted by Gasteiger charge is -2.29. The molecule has 2 rings (SSSR count). The highest BCUT2D eigenvalue weighted by Crippen LogP contribution is 2.37. The van der Waals surface area contributed by atoms with Gasteiger partial charge in [-0.05, 0) is 37.8 Å². The molecule has 0 aromatic heterocycles. The second-order valence-corrected chi connectivity index (χ2v) is 5.93. The van der Waals surface area contributed by atoms with Crippen LogP contribution in [0.3, 0.4) is 0 Å². The first-order chi connectivity index (χ1) is 9.86. The molecule has 2 nitrogen and oxygen atoms in total. The van der Waals surface area contributed by atoms with Gasteiger partial charge < -0.3 is 10.1 Å². The van der Waals surface area contributed by atoms with Crippen LogP contribution in [0.25, 0.3) is 0 Å². The molecular formula is C18H29NO. The molecule has 1 fully saturated rings. The molecule has 1 N–H and O–H groups in total. The quantitative estimate of drug-likeness (QED) is 0.759. The number of nitrogens with one attached hydrogen (secondary N) is 1. The normalized spacial score (nSPS) is 18.5. The van der Waals surface area contributed by atoms with Gasteiger partial charge in [-0.15, -0.1) is 0 Å². The summed E-state index contributed by atoms with van der Waals surface area (Å²) >= 11 is 0. The van der Waals surface area contributed by atoms with Gasteiger partial charge in [-0.25, -0.2) is 0 Å². The predicted molar refractivity (Wildman–Crippen MR) is 85.2 cm³/mol. The Labute approximate surface area is 123 Å². The van der Waals surface area contributed by atoms with Gasteiger partial charge in [0.1, 0.15) is 5.75 Å². The van der Waals surface area contributed by atoms with Crippen LogP contribution in [0, 0.1) is 5.92 Å². The number of methoxy groups -OCH3 is 1. The van der Waals surface area contributed by atoms with E-state index in [2.05, 4.69) is 36.5 Å². The van der Waals surface area contributed by atoms with Gasteiger partial charge in [0.05, 0.1) is 7.11 Å². The van der Waals surface area contributed by atoms with E-state index >= 15 is 0 Å². The third-order valence-electron chi connectivity index (χ3n) is 4.46. The summed E-state index contributed by atoms with van der Waals surface area (Å²) < 4.78 is 5.59. The summed E-state index contributed by atoms with van der Waals surface area (Å²) in [5, 5.41) is 3.78. The molecule has 1 aliphatic rings. The van der Waals surface area contributed by atoms with Gasteiger partial charge in [0.25, 0.3) is 0 Å². The van der Waals surface area contributed by atoms with Crippen LogP contribution in [0.2, 0.25) is 0 Å². The molecule has 0 spiro atoms. The Hall–Kier alpha value is -1.02. The summed E-state index contributed by atoms with van der Waals surface area (Å²) in [6.45, 7) is 3.32. The first-order valence-electron chi connectivity index (χ1n) is 8.23. The van der Waals surface area contributed by atoms with Crippen molar-refractivity contribution in [3.63, 3.8) is 0 Å². The van der Waals surface area contributed by atoms with Crippen molar-refractivity contribution in [3.8, 4) is 5.75 Å². The van der Waals surface area contributed by atoms with Crippen molar-refractivity contribution in [2.45, 2.75) is 57.9 Å². The Morgan fingerprint density at radius 3 is 2.50 bits per heavy atom. The van der Waals surface area contributed by atoms with Gasteiger partial charge in [-0.1, -0.05) is 50.8 Å². The minimum absolute atomic E-state index is 0.448. The van der Waals surface area contributed by atoms with Gasteiger partial charge >= 0.3 is 0 Å². The zero-order valence-electron chi connectivity index (χ0n) is 13.0. The van der Waals surface area contributed by atoms with Crippen LogP contribution in [0.4, 0.5) is 0 Å². The highest BCUT2D eigenvalue weighted by Gasteiger charge is 2.25. The lowest BCUT2D eigenvalue weighted by Crippen LogP contribution is -2.29. The Morgan fingerprint density at radius 1 is 1.15 bits per heavy atom. The van der Waals surface area contributed by atoms with E-state index in [9.17, 15) is 0 Å². The van der Waals surface area contributed by atoms with Crippen molar-refractivity contribution in [1.29, 1.82) is 0 Å². The van der Waals surface area contributed by atoms with Crippen LogP contribution in [0.5, 0.6) is 5.75 Å². The molecule has 112 valence electrons. The predicted octanol–water partition coefficient (Wildman–Crippen LogP) is 4.71. The highest BCUT2D eigenvalue weighted by atomic mass is 16.5. The van der Waals surface area contributed by atoms with E-state index in [-0.39, 0.29) is 0 Å². The Morgan fingerprint density at radius 2 is 1.85 bits per heavy atom. The van der Waals surface area contributed by atoms with Crippen molar-refractivity contribution in [1.82, 2.24) is 5.32 Å². The van der Waals surface area contributed by atoms with E-state index in [4.69, 9.17) is 4.74 Å². The lowest BCUT2D eigenvalue weighted by molar-refractivity contribution is 0.313. The van der Waals surface area contributed by atoms with E-state index < -0.39 is 0 Å². The first-order valence-corrected chi connectivity index (χ1v) is 8.23. The Bertz CT molecular complexity index is 383. The third kappa shape index (κ3) is 3.99. The fourth-order valence-corrected chi connectivity index (χ4v) is 3.40. The van der Waals surface area contributed by atoms with Gasteiger partial charge in [0, 0.05) is 11.6 Å². The molecule has 1 atom stereocenters. The standard InChI is InChI=1S/C18H29NO/c1-3-14-19-18(15-10-6-4-5-7-11-15)16-12-8-9-13-17(16)20-2/h8-9,12-13,15,18-19H,3-7,10-11,14H2,1-2H3. The van der Waals surface area contributed by atoms with Crippen LogP contribution in [-0.2, 0) is 0 Å². The number of para-hydroxylation sites is 1. The largest absolute Gasteiger partial charge is 0.496 e. The van der Waals surface area contributed by atoms with Crippen LogP contribution in [0.1, 0.15) is 63.5 Å². The average Bonchev–Trinajstić information content (AvgIpc) is 2.77. The van der Waals surface area contributed by atoms with Crippen LogP contribution >= 0.6 is 0 Å². The molecule has 20 heavy (non-hydrogen) atoms. The number of hydrogen-bond donors (Lipinski definition) is 1. The van der Waals surface area contributed by atoms with E-state index in [0.29, 0.717) is 6.04 Å². The molecule has 0 radical (unpaired) electrons. The molecule has 0 heterocycles. The fraction of sp³-hybridized carbons (Fsp3) is 0.667. The van der Waals surface area contributed by atoms with E-state index in [0.717, 1.165) is 18.2 Å². The fourth-order valence-electron chi connectivity index (χ4n) is 3.40. The van der Waals surface area contributed by atoms with Crippen molar-refractivity contribution in [2.75, 3.05) is 13.7 Å². The van der Waals surface area contributed by atoms with Crippen molar-refractivity contribution in [3.05, 3.63) is 29.8 Å². The summed E-state index contributed by atoms with van der Waals surface area (Å²) in [5.74, 6) is 1.78. The van der Waals surface area contributed by atoms with Crippen LogP contribution < -0.4 is 10.1 Å². The number of benzene rings is 1. The van der Waals surface area contributed by atoms with E-state index in [1.165, 1.54) is 50.5 Å². The number of hydrogen-bond acceptors (Lipinski definition) is 2. The van der Waals surface area contributed by atoms with Crippen molar-refractivity contribution in [2.24, 2.45) is 5.92 Å². The van der Waals surface area contributed by atoms with Gasteiger partial charge in [0.2, 0.25) is 0 Å². The molecule has 1 unspecified atom stereocenters. The molecular weight excluding hydrogens is 246 g/mol. The second kappa shape index (κ2) is 8.31. The Kier molecular flexibility index (Phi) is 6.38. The summed E-state index contributed by atoms with van der Waals surface area (Å²) in [6.07, 6.45) is 9.44. The zero-order chi connectivity index (χ0) is 14.2. The average molecular weight is 275 g/mol. The van der Waals surface area contributed by atoms with Gasteiger partial charge in [-0.2, -0.15) is 0 Å². The summed E-state index contributed by atoms with van der Waals surface area (Å²) in [6, 6.07) is 8.97. The molecule has 0 saturated heterocycles. The molecule has 1 aliphatic carbocycles. The number of rotatable bonds is 6. The molecule has 0 aliphatic heterocycles. The molecule has 1 aromatic carbocycles. The minimum Gasteiger partial charge on any atom is -0.496 e. The lowest BCUT2D eigenvalue weighted by atomic mass is 9.86. The SMILES string of the molecule is CCCNC(c1ccccc1OC)C1CCCCCC1. The molecule has 0 bridgehead atoms. The maximum Gasteiger partial charge on any atom is 0.123 e. The highest BCUT2D eigenvalue weighted by molar-refractivity contribution is 5.36. The van der Waals surface area contributed by atoms with Crippen molar-refractivity contribution >= 4 is 0 Å². The molecule has 0 amide bonds. The molecule has 2 heteroatoms. The van der Waals surface area contributed by atoms with Gasteiger partial charge in [-0.3, -0.25) is 0 Å². The minimum atomic E-state index is 0.448. The Balaban J connectivity index is 2.20. The number of ether oxygens (including phenoxy) is 1. The maximum absolute atomic E-state index is 5.59. The van der Waals surface area contributed by atoms with Gasteiger partial charge in [0.15, 0.2) is 0 Å². The summed E-state index contributed by atoms with van der Waals surface area (Å²) in [5.41, 5.74) is 1.34. The third-order valence-corrected chi connectivity index (χ3v) is 4.46. The zero-order valence-corrected chi connectivity index (χ0v) is 13.0. The summed E-state index contributed by atoms with van der Waals surface area (Å²) in [4.78, 5) is 0. The maximum atomic E-state index is 5.59. The van der Waals surface area contributed by atoms with Crippen LogP contribution in [-0.4, -0.2) is 13.7 Å². The topological polar surface area (TPSA) is 21.3 Å².